The van der Waals surface area contributed by atoms with Gasteiger partial charge in [0.1, 0.15) is 16.5 Å². The molecule has 0 heterocycles. The number of hydrogen-bond donors (Lipinski definition) is 1. The Kier molecular flexibility index (Phi) is 3.11. The number of rotatable bonds is 4. The quantitative estimate of drug-likeness (QED) is 0.899. The average molecular weight is 274 g/mol. The maximum Gasteiger partial charge on any atom is 0.182 e. The highest BCUT2D eigenvalue weighted by Crippen LogP contribution is 2.39. The van der Waals surface area contributed by atoms with Crippen molar-refractivity contribution in [2.24, 2.45) is 0 Å². The van der Waals surface area contributed by atoms with Crippen LogP contribution in [0.15, 0.2) is 17.0 Å². The van der Waals surface area contributed by atoms with E-state index < -0.39 is 26.2 Å². The Bertz CT molecular complexity index is 576. The summed E-state index contributed by atoms with van der Waals surface area (Å²) in [6.45, 7) is 0. The fourth-order valence-electron chi connectivity index (χ4n) is 1.94. The number of aliphatic hydroxyl groups is 1. The molecule has 6 heteroatoms. The number of ether oxygens (including phenoxy) is 1. The van der Waals surface area contributed by atoms with Gasteiger partial charge in [0.05, 0.1) is 12.7 Å². The van der Waals surface area contributed by atoms with E-state index in [0.717, 1.165) is 12.3 Å². The molecule has 1 aliphatic carbocycles. The van der Waals surface area contributed by atoms with Crippen LogP contribution in [0.5, 0.6) is 5.75 Å². The van der Waals surface area contributed by atoms with Gasteiger partial charge in [-0.05, 0) is 30.5 Å². The van der Waals surface area contributed by atoms with Crippen molar-refractivity contribution in [2.75, 3.05) is 13.4 Å². The molecule has 18 heavy (non-hydrogen) atoms. The van der Waals surface area contributed by atoms with Gasteiger partial charge in [0.25, 0.3) is 0 Å². The minimum absolute atomic E-state index is 0.0169. The molecule has 1 aromatic rings. The minimum Gasteiger partial charge on any atom is -0.495 e. The molecular formula is C12H15FO4S. The minimum atomic E-state index is -3.68. The first-order chi connectivity index (χ1) is 8.25. The molecule has 1 N–H and O–H groups in total. The summed E-state index contributed by atoms with van der Waals surface area (Å²) in [4.78, 5) is -0.434. The van der Waals surface area contributed by atoms with E-state index in [1.165, 1.54) is 13.2 Å². The van der Waals surface area contributed by atoms with Crippen molar-refractivity contribution in [1.29, 1.82) is 0 Å². The highest BCUT2D eigenvalue weighted by molar-refractivity contribution is 7.90. The Morgan fingerprint density at radius 3 is 2.50 bits per heavy atom. The summed E-state index contributed by atoms with van der Waals surface area (Å²) in [5.74, 6) is -0.854. The van der Waals surface area contributed by atoms with E-state index in [9.17, 15) is 17.9 Å². The first-order valence-electron chi connectivity index (χ1n) is 5.54. The Balaban J connectivity index is 2.46. The summed E-state index contributed by atoms with van der Waals surface area (Å²) in [5, 5.41) is 9.78. The van der Waals surface area contributed by atoms with E-state index in [1.807, 2.05) is 0 Å². The third kappa shape index (κ3) is 2.64. The summed E-state index contributed by atoms with van der Waals surface area (Å²) in [5.41, 5.74) is -0.221. The van der Waals surface area contributed by atoms with Crippen LogP contribution in [0.4, 0.5) is 4.39 Å². The molecule has 0 aliphatic heterocycles. The van der Waals surface area contributed by atoms with Crippen LogP contribution < -0.4 is 4.74 Å². The summed E-state index contributed by atoms with van der Waals surface area (Å²) in [7, 11) is -2.39. The summed E-state index contributed by atoms with van der Waals surface area (Å²) >= 11 is 0. The number of methoxy groups -OCH3 is 1. The lowest BCUT2D eigenvalue weighted by molar-refractivity contribution is 0.151. The Morgan fingerprint density at radius 2 is 2.06 bits per heavy atom. The first kappa shape index (κ1) is 13.3. The lowest BCUT2D eigenvalue weighted by Crippen LogP contribution is -2.12. The van der Waals surface area contributed by atoms with Gasteiger partial charge >= 0.3 is 0 Å². The second-order valence-corrected chi connectivity index (χ2v) is 6.73. The van der Waals surface area contributed by atoms with Gasteiger partial charge in [-0.15, -0.1) is 0 Å². The van der Waals surface area contributed by atoms with Crippen molar-refractivity contribution in [2.45, 2.75) is 29.8 Å². The van der Waals surface area contributed by atoms with Crippen LogP contribution in [-0.4, -0.2) is 32.5 Å². The van der Waals surface area contributed by atoms with Crippen molar-refractivity contribution in [3.8, 4) is 5.75 Å². The van der Waals surface area contributed by atoms with Gasteiger partial charge in [-0.1, -0.05) is 0 Å². The molecule has 0 unspecified atom stereocenters. The summed E-state index contributed by atoms with van der Waals surface area (Å²) in [6, 6.07) is 2.62. The average Bonchev–Trinajstić information content (AvgIpc) is 2.92. The van der Waals surface area contributed by atoms with Crippen LogP contribution in [0.3, 0.4) is 0 Å². The maximum atomic E-state index is 13.8. The smallest absolute Gasteiger partial charge is 0.182 e. The van der Waals surface area contributed by atoms with Gasteiger partial charge in [0, 0.05) is 12.7 Å². The lowest BCUT2D eigenvalue weighted by atomic mass is 10.1. The second kappa shape index (κ2) is 4.20. The topological polar surface area (TPSA) is 63.6 Å². The Labute approximate surface area is 105 Å². The molecule has 0 radical (unpaired) electrons. The Hall–Kier alpha value is -1.14. The van der Waals surface area contributed by atoms with Crippen LogP contribution >= 0.6 is 0 Å². The second-order valence-electron chi connectivity index (χ2n) is 4.78. The summed E-state index contributed by atoms with van der Waals surface area (Å²) in [6.07, 6.45) is 2.61. The molecule has 1 aromatic carbocycles. The molecule has 0 bridgehead atoms. The fraction of sp³-hybridized carbons (Fsp3) is 0.500. The van der Waals surface area contributed by atoms with Gasteiger partial charge in [0.15, 0.2) is 9.84 Å². The molecule has 1 saturated carbocycles. The van der Waals surface area contributed by atoms with Crippen LogP contribution in [0.2, 0.25) is 0 Å². The van der Waals surface area contributed by atoms with Gasteiger partial charge < -0.3 is 9.84 Å². The zero-order valence-electron chi connectivity index (χ0n) is 10.2. The lowest BCUT2D eigenvalue weighted by Gasteiger charge is -2.12. The predicted molar refractivity (Wildman–Crippen MR) is 63.9 cm³/mol. The molecule has 0 spiro atoms. The van der Waals surface area contributed by atoms with E-state index in [4.69, 9.17) is 4.74 Å². The van der Waals surface area contributed by atoms with Gasteiger partial charge in [-0.3, -0.25) is 0 Å². The molecule has 0 amide bonds. The first-order valence-corrected chi connectivity index (χ1v) is 7.43. The highest BCUT2D eigenvalue weighted by atomic mass is 32.2. The third-order valence-electron chi connectivity index (χ3n) is 3.02. The number of benzene rings is 1. The summed E-state index contributed by atoms with van der Waals surface area (Å²) < 4.78 is 41.7. The molecule has 0 saturated heterocycles. The monoisotopic (exact) mass is 274 g/mol. The van der Waals surface area contributed by atoms with Crippen molar-refractivity contribution in [3.05, 3.63) is 23.5 Å². The predicted octanol–water partition coefficient (Wildman–Crippen LogP) is 1.31. The van der Waals surface area contributed by atoms with E-state index in [0.29, 0.717) is 24.8 Å². The van der Waals surface area contributed by atoms with Crippen LogP contribution in [0.1, 0.15) is 18.4 Å². The van der Waals surface area contributed by atoms with E-state index in [1.54, 1.807) is 0 Å². The van der Waals surface area contributed by atoms with Crippen molar-refractivity contribution in [1.82, 2.24) is 0 Å². The van der Waals surface area contributed by atoms with Crippen LogP contribution in [0.25, 0.3) is 0 Å². The molecule has 2 rings (SSSR count). The van der Waals surface area contributed by atoms with Crippen LogP contribution in [-0.2, 0) is 16.3 Å². The van der Waals surface area contributed by atoms with Crippen LogP contribution in [0, 0.1) is 5.82 Å². The standard InChI is InChI=1S/C12H15FO4S/c1-17-10-6-8(7-12(14)3-4-12)5-9(13)11(10)18(2,15)16/h5-6,14H,3-4,7H2,1-2H3. The maximum absolute atomic E-state index is 13.8. The number of halogens is 1. The number of hydrogen-bond acceptors (Lipinski definition) is 4. The zero-order chi connectivity index (χ0) is 13.6. The SMILES string of the molecule is COc1cc(CC2(O)CC2)cc(F)c1S(C)(=O)=O. The molecule has 1 fully saturated rings. The fourth-order valence-corrected chi connectivity index (χ4v) is 2.86. The van der Waals surface area contributed by atoms with Crippen molar-refractivity contribution < 1.29 is 22.7 Å². The van der Waals surface area contributed by atoms with Gasteiger partial charge in [0.2, 0.25) is 0 Å². The molecule has 1 aliphatic rings. The molecular weight excluding hydrogens is 259 g/mol. The normalized spacial score (nSPS) is 17.6. The largest absolute Gasteiger partial charge is 0.495 e. The highest BCUT2D eigenvalue weighted by Gasteiger charge is 2.40. The van der Waals surface area contributed by atoms with Crippen molar-refractivity contribution >= 4 is 9.84 Å². The number of sulfone groups is 1. The van der Waals surface area contributed by atoms with E-state index >= 15 is 0 Å². The van der Waals surface area contributed by atoms with E-state index in [-0.39, 0.29) is 5.75 Å². The molecule has 0 aromatic heterocycles. The van der Waals surface area contributed by atoms with Gasteiger partial charge in [-0.25, -0.2) is 12.8 Å². The van der Waals surface area contributed by atoms with E-state index in [2.05, 4.69) is 0 Å². The van der Waals surface area contributed by atoms with Gasteiger partial charge in [-0.2, -0.15) is 0 Å². The molecule has 0 atom stereocenters. The van der Waals surface area contributed by atoms with Crippen molar-refractivity contribution in [3.63, 3.8) is 0 Å². The molecule has 4 nitrogen and oxygen atoms in total. The third-order valence-corrected chi connectivity index (χ3v) is 4.16. The zero-order valence-corrected chi connectivity index (χ0v) is 11.1. The molecule has 100 valence electrons. The Morgan fingerprint density at radius 1 is 1.44 bits per heavy atom.